The van der Waals surface area contributed by atoms with Crippen molar-refractivity contribution in [2.75, 3.05) is 36.8 Å². The van der Waals surface area contributed by atoms with Crippen LogP contribution in [0.15, 0.2) is 24.3 Å². The first-order chi connectivity index (χ1) is 13.2. The Hall–Kier alpha value is -1.34. The van der Waals surface area contributed by atoms with Gasteiger partial charge in [0.2, 0.25) is 11.8 Å². The van der Waals surface area contributed by atoms with E-state index in [4.69, 9.17) is 5.73 Å². The molecule has 3 rings (SSSR count). The molecule has 0 unspecified atom stereocenters. The van der Waals surface area contributed by atoms with E-state index in [1.807, 2.05) is 24.3 Å². The largest absolute Gasteiger partial charge is 0.330 e. The first-order valence-electron chi connectivity index (χ1n) is 10.3. The first-order valence-corrected chi connectivity index (χ1v) is 10.3. The molecule has 0 radical (unpaired) electrons. The number of anilines is 2. The molecule has 1 heterocycles. The number of carbonyl (C=O) groups is 2. The highest BCUT2D eigenvalue weighted by Gasteiger charge is 2.31. The number of likely N-dealkylation sites (tertiary alicyclic amines) is 1. The van der Waals surface area contributed by atoms with Crippen molar-refractivity contribution < 1.29 is 9.59 Å². The monoisotopic (exact) mass is 444 g/mol. The van der Waals surface area contributed by atoms with Crippen molar-refractivity contribution in [3.8, 4) is 0 Å². The summed E-state index contributed by atoms with van der Waals surface area (Å²) in [5.41, 5.74) is 7.29. The molecule has 4 N–H and O–H groups in total. The molecule has 1 aliphatic carbocycles. The normalized spacial score (nSPS) is 21.6. The number of halogens is 2. The molecule has 0 aromatic heterocycles. The zero-order chi connectivity index (χ0) is 19.1. The van der Waals surface area contributed by atoms with Crippen LogP contribution in [0.4, 0.5) is 11.4 Å². The summed E-state index contributed by atoms with van der Waals surface area (Å²) in [6.07, 6.45) is 7.32. The van der Waals surface area contributed by atoms with Crippen molar-refractivity contribution >= 4 is 48.0 Å². The third-order valence-corrected chi connectivity index (χ3v) is 5.84. The fraction of sp³-hybridized carbons (Fsp3) is 0.619. The van der Waals surface area contributed by atoms with Crippen molar-refractivity contribution in [2.45, 2.75) is 44.9 Å². The Bertz CT molecular complexity index is 636. The second-order valence-electron chi connectivity index (χ2n) is 7.80. The highest BCUT2D eigenvalue weighted by Crippen LogP contribution is 2.32. The van der Waals surface area contributed by atoms with E-state index in [2.05, 4.69) is 15.5 Å². The van der Waals surface area contributed by atoms with Crippen LogP contribution < -0.4 is 16.4 Å². The lowest BCUT2D eigenvalue weighted by atomic mass is 9.95. The number of nitrogens with zero attached hydrogens (tertiary/aromatic N) is 1. The quantitative estimate of drug-likeness (QED) is 0.598. The molecule has 1 saturated heterocycles. The van der Waals surface area contributed by atoms with E-state index in [1.165, 1.54) is 19.3 Å². The molecule has 2 fully saturated rings. The highest BCUT2D eigenvalue weighted by molar-refractivity contribution is 5.94. The molecule has 2 amide bonds. The minimum absolute atomic E-state index is 0. The second-order valence-corrected chi connectivity index (χ2v) is 7.80. The van der Waals surface area contributed by atoms with Gasteiger partial charge in [0.1, 0.15) is 0 Å². The van der Waals surface area contributed by atoms with E-state index in [0.29, 0.717) is 18.9 Å². The van der Waals surface area contributed by atoms with Gasteiger partial charge in [-0.2, -0.15) is 0 Å². The molecule has 1 aliphatic heterocycles. The fourth-order valence-corrected chi connectivity index (χ4v) is 4.20. The molecule has 29 heavy (non-hydrogen) atoms. The Labute approximate surface area is 186 Å². The topological polar surface area (TPSA) is 87.5 Å². The Morgan fingerprint density at radius 3 is 2.17 bits per heavy atom. The van der Waals surface area contributed by atoms with Crippen molar-refractivity contribution in [1.29, 1.82) is 0 Å². The Balaban J connectivity index is 0.00000210. The molecule has 1 saturated carbocycles. The van der Waals surface area contributed by atoms with Gasteiger partial charge in [-0.15, -0.1) is 24.8 Å². The van der Waals surface area contributed by atoms with Crippen LogP contribution in [0.25, 0.3) is 0 Å². The predicted octanol–water partition coefficient (Wildman–Crippen LogP) is 3.66. The van der Waals surface area contributed by atoms with E-state index in [-0.39, 0.29) is 42.5 Å². The van der Waals surface area contributed by atoms with Crippen LogP contribution in [-0.2, 0) is 9.59 Å². The van der Waals surface area contributed by atoms with Gasteiger partial charge < -0.3 is 21.3 Å². The lowest BCUT2D eigenvalue weighted by Gasteiger charge is -2.25. The van der Waals surface area contributed by atoms with Crippen LogP contribution >= 0.6 is 24.8 Å². The Morgan fingerprint density at radius 1 is 0.931 bits per heavy atom. The molecule has 0 bridgehead atoms. The van der Waals surface area contributed by atoms with Crippen molar-refractivity contribution in [3.05, 3.63) is 24.3 Å². The van der Waals surface area contributed by atoms with E-state index >= 15 is 0 Å². The minimum Gasteiger partial charge on any atom is -0.330 e. The summed E-state index contributed by atoms with van der Waals surface area (Å²) < 4.78 is 0. The predicted molar refractivity (Wildman–Crippen MR) is 123 cm³/mol. The number of benzene rings is 1. The lowest BCUT2D eigenvalue weighted by molar-refractivity contribution is -0.120. The summed E-state index contributed by atoms with van der Waals surface area (Å²) in [6.45, 7) is 3.60. The molecule has 1 aromatic rings. The van der Waals surface area contributed by atoms with Crippen LogP contribution in [0.2, 0.25) is 0 Å². The highest BCUT2D eigenvalue weighted by atomic mass is 35.5. The maximum atomic E-state index is 12.4. The van der Waals surface area contributed by atoms with Crippen molar-refractivity contribution in [1.82, 2.24) is 4.90 Å². The Kier molecular flexibility index (Phi) is 11.6. The molecule has 164 valence electrons. The van der Waals surface area contributed by atoms with E-state index < -0.39 is 0 Å². The summed E-state index contributed by atoms with van der Waals surface area (Å²) in [4.78, 5) is 26.9. The maximum absolute atomic E-state index is 12.4. The summed E-state index contributed by atoms with van der Waals surface area (Å²) in [5.74, 6) is 0.406. The van der Waals surface area contributed by atoms with Crippen molar-refractivity contribution in [2.24, 2.45) is 17.6 Å². The molecular formula is C21H34Cl2N4O2. The van der Waals surface area contributed by atoms with Crippen LogP contribution in [0.3, 0.4) is 0 Å². The number of nitrogens with one attached hydrogen (secondary N) is 2. The van der Waals surface area contributed by atoms with Gasteiger partial charge >= 0.3 is 0 Å². The summed E-state index contributed by atoms with van der Waals surface area (Å²) in [6, 6.07) is 7.35. The molecular weight excluding hydrogens is 411 g/mol. The lowest BCUT2D eigenvalue weighted by Crippen LogP contribution is -2.32. The molecule has 2 atom stereocenters. The van der Waals surface area contributed by atoms with Gasteiger partial charge in [-0.05, 0) is 75.5 Å². The van der Waals surface area contributed by atoms with Crippen LogP contribution in [0.1, 0.15) is 44.9 Å². The Morgan fingerprint density at radius 2 is 1.55 bits per heavy atom. The summed E-state index contributed by atoms with van der Waals surface area (Å²) >= 11 is 0. The van der Waals surface area contributed by atoms with Gasteiger partial charge in [0.15, 0.2) is 0 Å². The zero-order valence-electron chi connectivity index (χ0n) is 16.9. The zero-order valence-corrected chi connectivity index (χ0v) is 18.5. The number of hydrogen-bond acceptors (Lipinski definition) is 4. The van der Waals surface area contributed by atoms with Crippen LogP contribution in [0, 0.1) is 11.8 Å². The second kappa shape index (κ2) is 13.1. The van der Waals surface area contributed by atoms with Crippen LogP contribution in [0.5, 0.6) is 0 Å². The maximum Gasteiger partial charge on any atom is 0.227 e. The number of piperidine rings is 1. The average molecular weight is 445 g/mol. The van der Waals surface area contributed by atoms with Crippen molar-refractivity contribution in [3.63, 3.8) is 0 Å². The number of nitrogens with two attached hydrogens (primary N) is 1. The van der Waals surface area contributed by atoms with Gasteiger partial charge in [-0.3, -0.25) is 9.59 Å². The smallest absolute Gasteiger partial charge is 0.227 e. The molecule has 6 nitrogen and oxygen atoms in total. The number of hydrogen-bond donors (Lipinski definition) is 3. The standard InChI is InChI=1S/C21H32N4O2.2ClH/c22-15-16-5-4-6-19(16)21(27)24-18-9-7-17(8-10-18)23-20(26)11-14-25-12-2-1-3-13-25;;/h7-10,16,19H,1-6,11-15,22H2,(H,23,26)(H,24,27);2*1H/t16-,19-;;/m1../s1. The number of amides is 2. The number of rotatable bonds is 7. The molecule has 0 spiro atoms. The van der Waals surface area contributed by atoms with E-state index in [0.717, 1.165) is 50.3 Å². The van der Waals surface area contributed by atoms with Gasteiger partial charge in [0, 0.05) is 30.3 Å². The van der Waals surface area contributed by atoms with Gasteiger partial charge in [0.25, 0.3) is 0 Å². The molecule has 8 heteroatoms. The van der Waals surface area contributed by atoms with Gasteiger partial charge in [-0.25, -0.2) is 0 Å². The van der Waals surface area contributed by atoms with Crippen LogP contribution in [-0.4, -0.2) is 42.9 Å². The minimum atomic E-state index is 0. The first kappa shape index (κ1) is 25.7. The van der Waals surface area contributed by atoms with E-state index in [9.17, 15) is 9.59 Å². The fourth-order valence-electron chi connectivity index (χ4n) is 4.20. The summed E-state index contributed by atoms with van der Waals surface area (Å²) in [5, 5.41) is 5.92. The van der Waals surface area contributed by atoms with Gasteiger partial charge in [-0.1, -0.05) is 12.8 Å². The third-order valence-electron chi connectivity index (χ3n) is 5.84. The third kappa shape index (κ3) is 7.78. The number of carbonyl (C=O) groups excluding carboxylic acids is 2. The average Bonchev–Trinajstić information content (AvgIpc) is 3.18. The SMILES string of the molecule is Cl.Cl.NC[C@H]1CCC[C@H]1C(=O)Nc1ccc(NC(=O)CCN2CCCCC2)cc1. The summed E-state index contributed by atoms with van der Waals surface area (Å²) in [7, 11) is 0. The van der Waals surface area contributed by atoms with E-state index in [1.54, 1.807) is 0 Å². The molecule has 1 aromatic carbocycles. The van der Waals surface area contributed by atoms with Gasteiger partial charge in [0.05, 0.1) is 0 Å². The molecule has 2 aliphatic rings.